The van der Waals surface area contributed by atoms with Crippen LogP contribution < -0.4 is 15.4 Å². The number of nitrogen functional groups attached to an aromatic ring is 1. The lowest BCUT2D eigenvalue weighted by Crippen LogP contribution is -2.39. The first kappa shape index (κ1) is 9.15. The van der Waals surface area contributed by atoms with Gasteiger partial charge in [0.2, 0.25) is 0 Å². The molecule has 2 rings (SSSR count). The van der Waals surface area contributed by atoms with Crippen LogP contribution in [0.3, 0.4) is 0 Å². The molecular formula is C10H14N2O2. The summed E-state index contributed by atoms with van der Waals surface area (Å²) in [6.45, 7) is 3.03. The van der Waals surface area contributed by atoms with Gasteiger partial charge in [0.15, 0.2) is 0 Å². The van der Waals surface area contributed by atoms with Gasteiger partial charge in [0.1, 0.15) is 18.6 Å². The minimum absolute atomic E-state index is 0.499. The van der Waals surface area contributed by atoms with Crippen molar-refractivity contribution in [3.8, 4) is 5.75 Å². The van der Waals surface area contributed by atoms with Gasteiger partial charge < -0.3 is 20.5 Å². The standard InChI is InChI=1S/C10H14N2O2/c1-7(13)12-4-5-14-10-6-8(11)2-3-9(10)12/h2-3,6-7,13H,4-5,11H2,1H3. The number of fused-ring (bicyclic) bond motifs is 1. The maximum absolute atomic E-state index is 9.53. The first-order valence-electron chi connectivity index (χ1n) is 4.65. The van der Waals surface area contributed by atoms with Crippen LogP contribution in [0.25, 0.3) is 0 Å². The normalized spacial score (nSPS) is 17.1. The molecular weight excluding hydrogens is 180 g/mol. The Kier molecular flexibility index (Phi) is 2.21. The van der Waals surface area contributed by atoms with E-state index in [1.807, 2.05) is 17.0 Å². The van der Waals surface area contributed by atoms with Crippen LogP contribution in [-0.2, 0) is 0 Å². The van der Waals surface area contributed by atoms with Crippen LogP contribution >= 0.6 is 0 Å². The monoisotopic (exact) mass is 194 g/mol. The van der Waals surface area contributed by atoms with Crippen molar-refractivity contribution >= 4 is 11.4 Å². The molecule has 3 N–H and O–H groups in total. The van der Waals surface area contributed by atoms with E-state index in [2.05, 4.69) is 0 Å². The van der Waals surface area contributed by atoms with E-state index in [0.29, 0.717) is 18.8 Å². The van der Waals surface area contributed by atoms with Crippen molar-refractivity contribution in [2.75, 3.05) is 23.8 Å². The zero-order valence-corrected chi connectivity index (χ0v) is 8.10. The van der Waals surface area contributed by atoms with E-state index < -0.39 is 6.23 Å². The maximum Gasteiger partial charge on any atom is 0.144 e. The fourth-order valence-corrected chi connectivity index (χ4v) is 1.65. The number of nitrogens with two attached hydrogens (primary N) is 1. The van der Waals surface area contributed by atoms with E-state index in [-0.39, 0.29) is 0 Å². The van der Waals surface area contributed by atoms with Gasteiger partial charge in [-0.05, 0) is 19.1 Å². The Labute approximate surface area is 82.9 Å². The third-order valence-electron chi connectivity index (χ3n) is 2.33. The van der Waals surface area contributed by atoms with Crippen molar-refractivity contribution in [2.24, 2.45) is 0 Å². The van der Waals surface area contributed by atoms with E-state index in [1.165, 1.54) is 0 Å². The zero-order chi connectivity index (χ0) is 10.1. The summed E-state index contributed by atoms with van der Waals surface area (Å²) >= 11 is 0. The topological polar surface area (TPSA) is 58.7 Å². The second-order valence-electron chi connectivity index (χ2n) is 3.40. The van der Waals surface area contributed by atoms with Gasteiger partial charge in [-0.2, -0.15) is 0 Å². The number of aliphatic hydroxyl groups is 1. The van der Waals surface area contributed by atoms with Crippen molar-refractivity contribution < 1.29 is 9.84 Å². The fraction of sp³-hybridized carbons (Fsp3) is 0.400. The van der Waals surface area contributed by atoms with Gasteiger partial charge in [-0.3, -0.25) is 0 Å². The molecule has 1 heterocycles. The van der Waals surface area contributed by atoms with Gasteiger partial charge in [-0.1, -0.05) is 0 Å². The predicted octanol–water partition coefficient (Wildman–Crippen LogP) is 0.806. The molecule has 1 aliphatic heterocycles. The summed E-state index contributed by atoms with van der Waals surface area (Å²) < 4.78 is 5.45. The summed E-state index contributed by atoms with van der Waals surface area (Å²) in [7, 11) is 0. The highest BCUT2D eigenvalue weighted by molar-refractivity contribution is 5.65. The zero-order valence-electron chi connectivity index (χ0n) is 8.10. The molecule has 1 unspecified atom stereocenters. The van der Waals surface area contributed by atoms with Crippen molar-refractivity contribution in [1.29, 1.82) is 0 Å². The molecule has 4 heteroatoms. The van der Waals surface area contributed by atoms with Crippen LogP contribution in [0.2, 0.25) is 0 Å². The maximum atomic E-state index is 9.53. The molecule has 0 fully saturated rings. The number of benzene rings is 1. The second-order valence-corrected chi connectivity index (χ2v) is 3.40. The van der Waals surface area contributed by atoms with Gasteiger partial charge >= 0.3 is 0 Å². The number of aliphatic hydroxyl groups excluding tert-OH is 1. The summed E-state index contributed by atoms with van der Waals surface area (Å²) in [5.41, 5.74) is 7.22. The minimum atomic E-state index is -0.499. The van der Waals surface area contributed by atoms with Crippen LogP contribution in [0.1, 0.15) is 6.92 Å². The second kappa shape index (κ2) is 3.38. The highest BCUT2D eigenvalue weighted by atomic mass is 16.5. The number of hydrogen-bond acceptors (Lipinski definition) is 4. The molecule has 1 atom stereocenters. The van der Waals surface area contributed by atoms with Crippen LogP contribution in [0, 0.1) is 0 Å². The average molecular weight is 194 g/mol. The van der Waals surface area contributed by atoms with Gasteiger partial charge in [-0.15, -0.1) is 0 Å². The Hall–Kier alpha value is -1.42. The van der Waals surface area contributed by atoms with Gasteiger partial charge in [0.05, 0.1) is 12.2 Å². The molecule has 0 bridgehead atoms. The smallest absolute Gasteiger partial charge is 0.144 e. The van der Waals surface area contributed by atoms with Crippen LogP contribution in [0.5, 0.6) is 5.75 Å². The molecule has 0 amide bonds. The molecule has 1 aliphatic rings. The first-order chi connectivity index (χ1) is 6.68. The highest BCUT2D eigenvalue weighted by Crippen LogP contribution is 2.33. The molecule has 4 nitrogen and oxygen atoms in total. The number of anilines is 2. The predicted molar refractivity (Wildman–Crippen MR) is 55.4 cm³/mol. The third-order valence-corrected chi connectivity index (χ3v) is 2.33. The van der Waals surface area contributed by atoms with Gasteiger partial charge in [0.25, 0.3) is 0 Å². The molecule has 76 valence electrons. The Morgan fingerprint density at radius 1 is 1.57 bits per heavy atom. The van der Waals surface area contributed by atoms with E-state index in [0.717, 1.165) is 11.4 Å². The van der Waals surface area contributed by atoms with Crippen molar-refractivity contribution in [2.45, 2.75) is 13.2 Å². The lowest BCUT2D eigenvalue weighted by Gasteiger charge is -2.33. The van der Waals surface area contributed by atoms with E-state index in [4.69, 9.17) is 10.5 Å². The van der Waals surface area contributed by atoms with Crippen molar-refractivity contribution in [3.05, 3.63) is 18.2 Å². The third kappa shape index (κ3) is 1.48. The lowest BCUT2D eigenvalue weighted by atomic mass is 10.2. The molecule has 0 saturated heterocycles. The molecule has 0 radical (unpaired) electrons. The number of ether oxygens (including phenoxy) is 1. The summed E-state index contributed by atoms with van der Waals surface area (Å²) in [5, 5.41) is 9.53. The Bertz CT molecular complexity index is 339. The van der Waals surface area contributed by atoms with E-state index >= 15 is 0 Å². The summed E-state index contributed by atoms with van der Waals surface area (Å²) in [6, 6.07) is 5.46. The van der Waals surface area contributed by atoms with Crippen molar-refractivity contribution in [1.82, 2.24) is 0 Å². The average Bonchev–Trinajstić information content (AvgIpc) is 2.16. The Balaban J connectivity index is 2.40. The van der Waals surface area contributed by atoms with Crippen LogP contribution in [0.4, 0.5) is 11.4 Å². The van der Waals surface area contributed by atoms with Crippen molar-refractivity contribution in [3.63, 3.8) is 0 Å². The molecule has 0 aliphatic carbocycles. The molecule has 14 heavy (non-hydrogen) atoms. The molecule has 0 spiro atoms. The van der Waals surface area contributed by atoms with E-state index in [1.54, 1.807) is 13.0 Å². The number of hydrogen-bond donors (Lipinski definition) is 2. The summed E-state index contributed by atoms with van der Waals surface area (Å²) in [5.74, 6) is 0.747. The first-order valence-corrected chi connectivity index (χ1v) is 4.65. The minimum Gasteiger partial charge on any atom is -0.489 e. The van der Waals surface area contributed by atoms with Crippen LogP contribution in [0.15, 0.2) is 18.2 Å². The molecule has 0 aromatic heterocycles. The molecule has 0 saturated carbocycles. The lowest BCUT2D eigenvalue weighted by molar-refractivity contribution is 0.171. The van der Waals surface area contributed by atoms with Crippen LogP contribution in [-0.4, -0.2) is 24.5 Å². The SMILES string of the molecule is CC(O)N1CCOc2cc(N)ccc21. The Morgan fingerprint density at radius 2 is 2.36 bits per heavy atom. The van der Waals surface area contributed by atoms with Gasteiger partial charge in [0, 0.05) is 11.8 Å². The summed E-state index contributed by atoms with van der Waals surface area (Å²) in [6.07, 6.45) is -0.499. The molecule has 1 aromatic carbocycles. The number of rotatable bonds is 1. The van der Waals surface area contributed by atoms with Gasteiger partial charge in [-0.25, -0.2) is 0 Å². The quantitative estimate of drug-likeness (QED) is 0.649. The fourth-order valence-electron chi connectivity index (χ4n) is 1.65. The molecule has 1 aromatic rings. The highest BCUT2D eigenvalue weighted by Gasteiger charge is 2.20. The van der Waals surface area contributed by atoms with E-state index in [9.17, 15) is 5.11 Å². The number of nitrogens with zero attached hydrogens (tertiary/aromatic N) is 1. The largest absolute Gasteiger partial charge is 0.489 e. The Morgan fingerprint density at radius 3 is 3.07 bits per heavy atom. The summed E-state index contributed by atoms with van der Waals surface area (Å²) in [4.78, 5) is 1.89.